The fraction of sp³-hybridized carbons (Fsp3) is 0.278. The number of nitrogens with two attached hydrogens (primary N) is 1. The van der Waals surface area contributed by atoms with Crippen LogP contribution in [0.15, 0.2) is 30.3 Å². The zero-order valence-electron chi connectivity index (χ0n) is 13.8. The number of anilines is 2. The van der Waals surface area contributed by atoms with Crippen molar-refractivity contribution in [1.82, 2.24) is 4.98 Å². The first kappa shape index (κ1) is 16.9. The maximum Gasteiger partial charge on any atom is 0.184 e. The average molecular weight is 314 g/mol. The third-order valence-electron chi connectivity index (χ3n) is 3.10. The van der Waals surface area contributed by atoms with Gasteiger partial charge in [-0.25, -0.2) is 14.2 Å². The van der Waals surface area contributed by atoms with Crippen LogP contribution in [-0.2, 0) is 4.84 Å². The summed E-state index contributed by atoms with van der Waals surface area (Å²) in [4.78, 5) is 9.65. The smallest absolute Gasteiger partial charge is 0.184 e. The van der Waals surface area contributed by atoms with Crippen molar-refractivity contribution in [2.45, 2.75) is 20.8 Å². The fourth-order valence-corrected chi connectivity index (χ4v) is 1.95. The van der Waals surface area contributed by atoms with E-state index in [0.717, 1.165) is 22.6 Å². The highest BCUT2D eigenvalue weighted by Crippen LogP contribution is 2.22. The van der Waals surface area contributed by atoms with Crippen molar-refractivity contribution in [1.29, 1.82) is 0 Å². The molecular formula is C18H21FN3O+. The van der Waals surface area contributed by atoms with Crippen LogP contribution in [0.1, 0.15) is 25.1 Å². The van der Waals surface area contributed by atoms with Crippen molar-refractivity contribution in [2.24, 2.45) is 5.92 Å². The van der Waals surface area contributed by atoms with Gasteiger partial charge in [0.2, 0.25) is 0 Å². The lowest BCUT2D eigenvalue weighted by molar-refractivity contribution is -0.830. The number of nitrogens with one attached hydrogen (secondary N) is 1. The molecule has 2 aromatic rings. The van der Waals surface area contributed by atoms with Crippen molar-refractivity contribution in [2.75, 3.05) is 12.4 Å². The minimum atomic E-state index is -0.274. The molecule has 1 heterocycles. The van der Waals surface area contributed by atoms with Crippen LogP contribution >= 0.6 is 0 Å². The van der Waals surface area contributed by atoms with Gasteiger partial charge in [-0.05, 0) is 31.2 Å². The Morgan fingerprint density at radius 1 is 1.26 bits per heavy atom. The lowest BCUT2D eigenvalue weighted by atomic mass is 10.1. The molecule has 5 heteroatoms. The summed E-state index contributed by atoms with van der Waals surface area (Å²) in [6.07, 6.45) is 0. The SMILES string of the molecule is CO[NH2+]c1cc(C#CC(C)C)c(Nc2ccc(F)cc2)nc1C. The predicted octanol–water partition coefficient (Wildman–Crippen LogP) is 3.04. The normalized spacial score (nSPS) is 10.3. The van der Waals surface area contributed by atoms with E-state index in [0.29, 0.717) is 5.82 Å². The van der Waals surface area contributed by atoms with Gasteiger partial charge in [-0.1, -0.05) is 25.7 Å². The van der Waals surface area contributed by atoms with Crippen molar-refractivity contribution in [3.63, 3.8) is 0 Å². The largest absolute Gasteiger partial charge is 0.339 e. The van der Waals surface area contributed by atoms with Crippen molar-refractivity contribution >= 4 is 17.2 Å². The molecule has 0 saturated heterocycles. The molecule has 0 aliphatic carbocycles. The second kappa shape index (κ2) is 7.73. The van der Waals surface area contributed by atoms with Gasteiger partial charge in [0.05, 0.1) is 12.7 Å². The van der Waals surface area contributed by atoms with E-state index >= 15 is 0 Å². The van der Waals surface area contributed by atoms with E-state index < -0.39 is 0 Å². The molecule has 0 aliphatic heterocycles. The Labute approximate surface area is 136 Å². The standard InChI is InChI=1S/C18H20FN3O/c1-12(2)5-6-14-11-17(22-23-4)13(3)20-18(14)21-16-9-7-15(19)8-10-16/h7-12,22H,1-4H3,(H,20,21)/p+1. The highest BCUT2D eigenvalue weighted by molar-refractivity contribution is 5.66. The molecule has 0 spiro atoms. The quantitative estimate of drug-likeness (QED) is 0.674. The van der Waals surface area contributed by atoms with E-state index in [4.69, 9.17) is 4.84 Å². The summed E-state index contributed by atoms with van der Waals surface area (Å²) in [5.41, 5.74) is 4.88. The Kier molecular flexibility index (Phi) is 5.69. The monoisotopic (exact) mass is 314 g/mol. The van der Waals surface area contributed by atoms with Crippen molar-refractivity contribution in [3.05, 3.63) is 47.4 Å². The van der Waals surface area contributed by atoms with Gasteiger partial charge in [-0.3, -0.25) is 0 Å². The number of aromatic nitrogens is 1. The minimum absolute atomic E-state index is 0.254. The fourth-order valence-electron chi connectivity index (χ4n) is 1.95. The van der Waals surface area contributed by atoms with Gasteiger partial charge in [0.1, 0.15) is 17.3 Å². The molecule has 2 rings (SSSR count). The molecule has 3 N–H and O–H groups in total. The number of benzene rings is 1. The molecule has 1 aromatic heterocycles. The zero-order valence-corrected chi connectivity index (χ0v) is 13.8. The predicted molar refractivity (Wildman–Crippen MR) is 89.0 cm³/mol. The first-order valence-electron chi connectivity index (χ1n) is 7.41. The topological polar surface area (TPSA) is 50.8 Å². The number of halogens is 1. The number of hydrogen-bond donors (Lipinski definition) is 2. The summed E-state index contributed by atoms with van der Waals surface area (Å²) in [6.45, 7) is 5.97. The number of quaternary nitrogens is 1. The second-order valence-corrected chi connectivity index (χ2v) is 5.47. The van der Waals surface area contributed by atoms with Crippen LogP contribution in [0.4, 0.5) is 21.6 Å². The molecule has 1 aromatic carbocycles. The number of rotatable bonds is 4. The minimum Gasteiger partial charge on any atom is -0.339 e. The van der Waals surface area contributed by atoms with Crippen LogP contribution in [0.2, 0.25) is 0 Å². The average Bonchev–Trinajstić information content (AvgIpc) is 2.51. The second-order valence-electron chi connectivity index (χ2n) is 5.47. The summed E-state index contributed by atoms with van der Waals surface area (Å²) < 4.78 is 13.0. The third kappa shape index (κ3) is 4.78. The molecule has 4 nitrogen and oxygen atoms in total. The first-order chi connectivity index (χ1) is 11.0. The van der Waals surface area contributed by atoms with Gasteiger partial charge in [0, 0.05) is 17.7 Å². The molecule has 0 unspecified atom stereocenters. The maximum atomic E-state index is 13.0. The lowest BCUT2D eigenvalue weighted by Gasteiger charge is -2.10. The van der Waals surface area contributed by atoms with E-state index in [1.807, 2.05) is 26.8 Å². The Morgan fingerprint density at radius 2 is 1.96 bits per heavy atom. The first-order valence-corrected chi connectivity index (χ1v) is 7.41. The Hall–Kier alpha value is -2.42. The van der Waals surface area contributed by atoms with Gasteiger partial charge < -0.3 is 5.32 Å². The van der Waals surface area contributed by atoms with Crippen LogP contribution in [0.25, 0.3) is 0 Å². The molecular weight excluding hydrogens is 293 g/mol. The van der Waals surface area contributed by atoms with Crippen molar-refractivity contribution < 1.29 is 14.7 Å². The van der Waals surface area contributed by atoms with Crippen LogP contribution in [0.5, 0.6) is 0 Å². The van der Waals surface area contributed by atoms with Gasteiger partial charge in [-0.2, -0.15) is 5.48 Å². The van der Waals surface area contributed by atoms with Crippen molar-refractivity contribution in [3.8, 4) is 11.8 Å². The summed E-state index contributed by atoms with van der Waals surface area (Å²) in [5, 5.41) is 3.20. The highest BCUT2D eigenvalue weighted by Gasteiger charge is 2.11. The number of hydrogen-bond acceptors (Lipinski definition) is 3. The van der Waals surface area contributed by atoms with Gasteiger partial charge in [0.15, 0.2) is 5.69 Å². The van der Waals surface area contributed by atoms with E-state index in [-0.39, 0.29) is 11.7 Å². The van der Waals surface area contributed by atoms with E-state index in [2.05, 4.69) is 22.1 Å². The molecule has 0 aliphatic rings. The summed E-state index contributed by atoms with van der Waals surface area (Å²) in [5.74, 6) is 6.92. The molecule has 0 amide bonds. The molecule has 0 radical (unpaired) electrons. The number of pyridine rings is 1. The van der Waals surface area contributed by atoms with Crippen LogP contribution in [-0.4, -0.2) is 12.1 Å². The molecule has 0 saturated carbocycles. The maximum absolute atomic E-state index is 13.0. The van der Waals surface area contributed by atoms with Crippen LogP contribution in [0.3, 0.4) is 0 Å². The summed E-state index contributed by atoms with van der Waals surface area (Å²) in [7, 11) is 1.60. The Morgan fingerprint density at radius 3 is 2.57 bits per heavy atom. The molecule has 0 bridgehead atoms. The Bertz CT molecular complexity index is 730. The van der Waals surface area contributed by atoms with E-state index in [1.54, 1.807) is 24.7 Å². The van der Waals surface area contributed by atoms with E-state index in [1.165, 1.54) is 12.1 Å². The molecule has 120 valence electrons. The van der Waals surface area contributed by atoms with E-state index in [9.17, 15) is 4.39 Å². The van der Waals surface area contributed by atoms with Crippen LogP contribution < -0.4 is 10.8 Å². The summed E-state index contributed by atoms with van der Waals surface area (Å²) in [6, 6.07) is 8.08. The summed E-state index contributed by atoms with van der Waals surface area (Å²) >= 11 is 0. The van der Waals surface area contributed by atoms with Crippen LogP contribution in [0, 0.1) is 30.5 Å². The van der Waals surface area contributed by atoms with Gasteiger partial charge >= 0.3 is 0 Å². The number of nitrogens with zero attached hydrogens (tertiary/aromatic N) is 1. The number of aryl methyl sites for hydroxylation is 1. The third-order valence-corrected chi connectivity index (χ3v) is 3.10. The zero-order chi connectivity index (χ0) is 16.8. The van der Waals surface area contributed by atoms with Gasteiger partial charge in [0.25, 0.3) is 0 Å². The van der Waals surface area contributed by atoms with Gasteiger partial charge in [-0.15, -0.1) is 0 Å². The lowest BCUT2D eigenvalue weighted by Crippen LogP contribution is -2.76. The highest BCUT2D eigenvalue weighted by atomic mass is 19.1. The Balaban J connectivity index is 2.41. The molecule has 0 fully saturated rings. The molecule has 0 atom stereocenters. The molecule has 23 heavy (non-hydrogen) atoms.